The highest BCUT2D eigenvalue weighted by Gasteiger charge is 2.62. The number of nitrogens with zero attached hydrogens (tertiary/aromatic N) is 2. The molecule has 3 N–H and O–H groups in total. The van der Waals surface area contributed by atoms with Gasteiger partial charge in [-0.2, -0.15) is 0 Å². The number of aromatic nitrogens is 1. The highest BCUT2D eigenvalue weighted by atomic mass is 35.5. The summed E-state index contributed by atoms with van der Waals surface area (Å²) in [6.07, 6.45) is 4.90. The van der Waals surface area contributed by atoms with Crippen molar-refractivity contribution < 1.29 is 9.53 Å². The number of ether oxygens (including phenoxy) is 1. The lowest BCUT2D eigenvalue weighted by Crippen LogP contribution is -2.75. The maximum Gasteiger partial charge on any atom is 0.241 e. The van der Waals surface area contributed by atoms with Crippen LogP contribution in [0, 0.1) is 5.41 Å². The van der Waals surface area contributed by atoms with Crippen molar-refractivity contribution in [3.63, 3.8) is 0 Å². The molecule has 27 heavy (non-hydrogen) atoms. The maximum atomic E-state index is 12.6. The normalized spacial score (nSPS) is 25.8. The van der Waals surface area contributed by atoms with Crippen molar-refractivity contribution in [3.05, 3.63) is 23.9 Å². The summed E-state index contributed by atoms with van der Waals surface area (Å²) in [6, 6.07) is 4.06. The van der Waals surface area contributed by atoms with E-state index in [4.69, 9.17) is 10.5 Å². The summed E-state index contributed by atoms with van der Waals surface area (Å²) < 4.78 is 5.69. The topological polar surface area (TPSA) is 80.5 Å². The molecular weight excluding hydrogens is 387 g/mol. The van der Waals surface area contributed by atoms with Crippen molar-refractivity contribution in [1.82, 2.24) is 10.3 Å². The number of hydrogen-bond donors (Lipinski definition) is 2. The van der Waals surface area contributed by atoms with Crippen molar-refractivity contribution in [1.29, 1.82) is 0 Å². The van der Waals surface area contributed by atoms with Gasteiger partial charge in [0.05, 0.1) is 6.10 Å². The fourth-order valence-corrected chi connectivity index (χ4v) is 3.82. The van der Waals surface area contributed by atoms with Crippen LogP contribution in [0.5, 0.6) is 0 Å². The van der Waals surface area contributed by atoms with Gasteiger partial charge in [-0.1, -0.05) is 19.9 Å². The lowest BCUT2D eigenvalue weighted by atomic mass is 9.54. The molecule has 1 aromatic heterocycles. The van der Waals surface area contributed by atoms with Crippen LogP contribution < -0.4 is 16.0 Å². The zero-order chi connectivity index (χ0) is 18.1. The predicted octanol–water partition coefficient (Wildman–Crippen LogP) is 2.67. The quantitative estimate of drug-likeness (QED) is 0.741. The minimum absolute atomic E-state index is 0. The first-order chi connectivity index (χ1) is 11.9. The lowest BCUT2D eigenvalue weighted by Gasteiger charge is -2.57. The number of carbonyl (C=O) groups is 1. The van der Waals surface area contributed by atoms with Gasteiger partial charge in [0.1, 0.15) is 11.4 Å². The lowest BCUT2D eigenvalue weighted by molar-refractivity contribution is -0.170. The molecule has 0 aromatic carbocycles. The molecule has 2 unspecified atom stereocenters. The van der Waals surface area contributed by atoms with E-state index >= 15 is 0 Å². The molecule has 6 nitrogen and oxygen atoms in total. The fourth-order valence-electron chi connectivity index (χ4n) is 3.82. The van der Waals surface area contributed by atoms with E-state index in [0.717, 1.165) is 24.5 Å². The summed E-state index contributed by atoms with van der Waals surface area (Å²) in [7, 11) is 0. The molecule has 3 rings (SSSR count). The summed E-state index contributed by atoms with van der Waals surface area (Å²) in [4.78, 5) is 19.5. The van der Waals surface area contributed by atoms with Gasteiger partial charge >= 0.3 is 0 Å². The average molecular weight is 419 g/mol. The highest BCUT2D eigenvalue weighted by Crippen LogP contribution is 2.49. The molecule has 1 saturated carbocycles. The van der Waals surface area contributed by atoms with E-state index in [1.807, 2.05) is 39.1 Å². The molecular formula is C19H32Cl2N4O2. The van der Waals surface area contributed by atoms with Gasteiger partial charge in [0.15, 0.2) is 0 Å². The van der Waals surface area contributed by atoms with Crippen LogP contribution in [0.3, 0.4) is 0 Å². The van der Waals surface area contributed by atoms with E-state index in [1.54, 1.807) is 0 Å². The van der Waals surface area contributed by atoms with E-state index in [-0.39, 0.29) is 42.2 Å². The Labute approximate surface area is 174 Å². The van der Waals surface area contributed by atoms with Gasteiger partial charge in [-0.25, -0.2) is 4.98 Å². The van der Waals surface area contributed by atoms with Crippen molar-refractivity contribution in [2.45, 2.75) is 58.2 Å². The third-order valence-corrected chi connectivity index (χ3v) is 5.93. The largest absolute Gasteiger partial charge is 0.378 e. The molecule has 2 heterocycles. The van der Waals surface area contributed by atoms with Crippen LogP contribution in [0.1, 0.15) is 45.6 Å². The first kappa shape index (κ1) is 24.0. The number of amides is 1. The highest BCUT2D eigenvalue weighted by molar-refractivity contribution is 5.88. The first-order valence-corrected chi connectivity index (χ1v) is 9.27. The van der Waals surface area contributed by atoms with Gasteiger partial charge in [-0.15, -0.1) is 24.8 Å². The summed E-state index contributed by atoms with van der Waals surface area (Å²) in [5.41, 5.74) is 6.14. The average Bonchev–Trinajstić information content (AvgIpc) is 3.14. The van der Waals surface area contributed by atoms with E-state index < -0.39 is 5.54 Å². The molecule has 2 fully saturated rings. The zero-order valence-electron chi connectivity index (χ0n) is 16.4. The van der Waals surface area contributed by atoms with Crippen LogP contribution in [0.15, 0.2) is 18.3 Å². The number of anilines is 1. The van der Waals surface area contributed by atoms with Crippen LogP contribution in [-0.4, -0.2) is 42.2 Å². The Hall–Kier alpha value is -1.08. The summed E-state index contributed by atoms with van der Waals surface area (Å²) in [5, 5.41) is 2.98. The van der Waals surface area contributed by atoms with E-state index in [2.05, 4.69) is 15.2 Å². The minimum Gasteiger partial charge on any atom is -0.378 e. The van der Waals surface area contributed by atoms with Gasteiger partial charge in [0.2, 0.25) is 5.91 Å². The minimum atomic E-state index is -0.879. The molecule has 2 aliphatic rings. The van der Waals surface area contributed by atoms with Crippen molar-refractivity contribution in [2.24, 2.45) is 11.1 Å². The summed E-state index contributed by atoms with van der Waals surface area (Å²) in [5.74, 6) is 0.902. The van der Waals surface area contributed by atoms with E-state index in [1.165, 1.54) is 12.8 Å². The fraction of sp³-hybridized carbons (Fsp3) is 0.684. The van der Waals surface area contributed by atoms with Crippen LogP contribution in [0.25, 0.3) is 0 Å². The van der Waals surface area contributed by atoms with E-state index in [9.17, 15) is 4.79 Å². The number of nitrogens with one attached hydrogen (secondary N) is 1. The number of carbonyl (C=O) groups excluding carboxylic acids is 1. The number of halogens is 2. The van der Waals surface area contributed by atoms with Gasteiger partial charge in [0.25, 0.3) is 0 Å². The molecule has 1 aromatic rings. The molecule has 2 atom stereocenters. The standard InChI is InChI=1S/C19H30N4O2.2ClH/c1-4-25-15-11-19(20,18(15,2)3)17(24)22-13-14-7-8-16(21-12-14)23-9-5-6-10-23;;/h7-8,12,15H,4-6,9-11,13,20H2,1-3H3,(H,22,24);2*1H. The monoisotopic (exact) mass is 418 g/mol. The van der Waals surface area contributed by atoms with Crippen LogP contribution in [0.4, 0.5) is 5.82 Å². The molecule has 1 aliphatic carbocycles. The Morgan fingerprint density at radius 2 is 2.00 bits per heavy atom. The Morgan fingerprint density at radius 3 is 2.52 bits per heavy atom. The second-order valence-corrected chi connectivity index (χ2v) is 7.74. The van der Waals surface area contributed by atoms with Gasteiger partial charge in [-0.05, 0) is 31.4 Å². The zero-order valence-corrected chi connectivity index (χ0v) is 18.0. The molecule has 154 valence electrons. The molecule has 0 bridgehead atoms. The Bertz CT molecular complexity index is 621. The SMILES string of the molecule is CCOC1CC(N)(C(=O)NCc2ccc(N3CCCC3)nc2)C1(C)C.Cl.Cl. The molecule has 0 spiro atoms. The second-order valence-electron chi connectivity index (χ2n) is 7.74. The van der Waals surface area contributed by atoms with Crippen LogP contribution >= 0.6 is 24.8 Å². The summed E-state index contributed by atoms with van der Waals surface area (Å²) in [6.45, 7) is 9.21. The second kappa shape index (κ2) is 9.41. The number of rotatable bonds is 6. The van der Waals surface area contributed by atoms with Crippen LogP contribution in [0.2, 0.25) is 0 Å². The Morgan fingerprint density at radius 1 is 1.33 bits per heavy atom. The molecule has 1 aliphatic heterocycles. The third-order valence-electron chi connectivity index (χ3n) is 5.93. The maximum absolute atomic E-state index is 12.6. The first-order valence-electron chi connectivity index (χ1n) is 9.27. The molecule has 8 heteroatoms. The number of nitrogens with two attached hydrogens (primary N) is 1. The van der Waals surface area contributed by atoms with Crippen LogP contribution in [-0.2, 0) is 16.1 Å². The Kier molecular flexibility index (Phi) is 8.35. The van der Waals surface area contributed by atoms with Crippen molar-refractivity contribution in [3.8, 4) is 0 Å². The molecule has 0 radical (unpaired) electrons. The van der Waals surface area contributed by atoms with E-state index in [0.29, 0.717) is 19.6 Å². The van der Waals surface area contributed by atoms with Crippen molar-refractivity contribution in [2.75, 3.05) is 24.6 Å². The number of pyridine rings is 1. The number of hydrogen-bond acceptors (Lipinski definition) is 5. The van der Waals surface area contributed by atoms with Gasteiger partial charge in [-0.3, -0.25) is 4.79 Å². The van der Waals surface area contributed by atoms with Crippen molar-refractivity contribution >= 4 is 36.5 Å². The third kappa shape index (κ3) is 4.50. The van der Waals surface area contributed by atoms with Gasteiger partial charge in [0, 0.05) is 44.3 Å². The Balaban J connectivity index is 0.00000182. The molecule has 1 saturated heterocycles. The predicted molar refractivity (Wildman–Crippen MR) is 113 cm³/mol. The molecule has 1 amide bonds. The summed E-state index contributed by atoms with van der Waals surface area (Å²) >= 11 is 0. The van der Waals surface area contributed by atoms with Gasteiger partial charge < -0.3 is 20.7 Å². The smallest absolute Gasteiger partial charge is 0.241 e.